The molecule has 3 aliphatic rings. The van der Waals surface area contributed by atoms with Crippen LogP contribution in [0.5, 0.6) is 0 Å². The second-order valence-electron chi connectivity index (χ2n) is 18.3. The molecule has 0 aromatic heterocycles. The van der Waals surface area contributed by atoms with Crippen molar-refractivity contribution in [2.45, 2.75) is 103 Å². The second-order valence-corrected chi connectivity index (χ2v) is 23.7. The van der Waals surface area contributed by atoms with Crippen LogP contribution in [0.4, 0.5) is 11.4 Å². The molecule has 3 heterocycles. The minimum Gasteiger partial charge on any atom is -0.744 e. The molecular weight excluding hydrogens is 1030 g/mol. The van der Waals surface area contributed by atoms with Crippen LogP contribution in [-0.4, -0.2) is 112 Å². The summed E-state index contributed by atoms with van der Waals surface area (Å²) in [6, 6.07) is 9.33. The maximum atomic E-state index is 12.6. The number of nitrogens with zero attached hydrogens (tertiary/aromatic N) is 3. The van der Waals surface area contributed by atoms with Crippen LogP contribution in [0.3, 0.4) is 0 Å². The first-order valence-corrected chi connectivity index (χ1v) is 28.4. The molecule has 24 heteroatoms. The Morgan fingerprint density at radius 3 is 1.79 bits per heavy atom. The fourth-order valence-electron chi connectivity index (χ4n) is 9.99. The number of imide groups is 1. The highest BCUT2D eigenvalue weighted by atomic mass is 32.2. The lowest BCUT2D eigenvalue weighted by Gasteiger charge is -2.31. The second kappa shape index (κ2) is 20.4. The Labute approximate surface area is 422 Å². The van der Waals surface area contributed by atoms with Crippen LogP contribution in [0.15, 0.2) is 116 Å². The molecule has 0 radical (unpaired) electrons. The van der Waals surface area contributed by atoms with E-state index >= 15 is 0 Å². The van der Waals surface area contributed by atoms with E-state index in [4.69, 9.17) is 9.57 Å². The number of amides is 2. The normalized spacial score (nSPS) is 19.1. The zero-order valence-corrected chi connectivity index (χ0v) is 43.4. The number of methoxy groups -OCH3 is 1. The van der Waals surface area contributed by atoms with E-state index < -0.39 is 88.7 Å². The molecule has 0 spiro atoms. The molecule has 20 nitrogen and oxygen atoms in total. The molecule has 390 valence electrons. The van der Waals surface area contributed by atoms with E-state index in [1.54, 1.807) is 48.6 Å². The van der Waals surface area contributed by atoms with Gasteiger partial charge in [0, 0.05) is 79.4 Å². The van der Waals surface area contributed by atoms with Crippen molar-refractivity contribution in [2.24, 2.45) is 0 Å². The van der Waals surface area contributed by atoms with Crippen molar-refractivity contribution in [3.63, 3.8) is 0 Å². The van der Waals surface area contributed by atoms with Crippen molar-refractivity contribution < 1.29 is 80.4 Å². The van der Waals surface area contributed by atoms with Crippen molar-refractivity contribution in [3.8, 4) is 0 Å². The van der Waals surface area contributed by atoms with Crippen molar-refractivity contribution in [2.75, 3.05) is 31.7 Å². The average Bonchev–Trinajstić information content (AvgIpc) is 3.83. The number of hydroxylamine groups is 2. The minimum absolute atomic E-state index is 0.0282. The van der Waals surface area contributed by atoms with Gasteiger partial charge in [0.15, 0.2) is 5.71 Å². The average molecular weight is 1080 g/mol. The van der Waals surface area contributed by atoms with Gasteiger partial charge < -0.3 is 32.7 Å². The largest absolute Gasteiger partial charge is 0.744 e. The Balaban J connectivity index is 1.23. The first-order valence-electron chi connectivity index (χ1n) is 22.8. The highest BCUT2D eigenvalue weighted by molar-refractivity contribution is 7.87. The number of hydrogen-bond acceptors (Lipinski definition) is 18. The van der Waals surface area contributed by atoms with Gasteiger partial charge in [0.1, 0.15) is 47.0 Å². The lowest BCUT2D eigenvalue weighted by molar-refractivity contribution is -0.433. The summed E-state index contributed by atoms with van der Waals surface area (Å²) in [5.41, 5.74) is 1.47. The third-order valence-corrected chi connectivity index (χ3v) is 16.7. The molecular formula is C49H50N3O17S4-3. The minimum atomic E-state index is -5.30. The van der Waals surface area contributed by atoms with Gasteiger partial charge in [-0.05, 0) is 111 Å². The van der Waals surface area contributed by atoms with Crippen molar-refractivity contribution >= 4 is 96.9 Å². The Kier molecular flexibility index (Phi) is 15.3. The number of anilines is 1. The summed E-state index contributed by atoms with van der Waals surface area (Å²) in [5.74, 6) is -1.96. The van der Waals surface area contributed by atoms with E-state index in [-0.39, 0.29) is 53.8 Å². The third kappa shape index (κ3) is 10.8. The van der Waals surface area contributed by atoms with Crippen LogP contribution in [0.1, 0.15) is 83.8 Å². The summed E-state index contributed by atoms with van der Waals surface area (Å²) < 4.78 is 156. The topological polar surface area (TPSA) is 308 Å². The molecule has 0 bridgehead atoms. The van der Waals surface area contributed by atoms with Gasteiger partial charge in [-0.1, -0.05) is 42.9 Å². The Morgan fingerprint density at radius 1 is 0.699 bits per heavy atom. The SMILES string of the molecule is CC[N+]1=C(/C=C/C=C/C=C/C=C2/N(CCCCCC(=O)ON3C(=O)CCC3=O)c3ccc4c(S(=O)(=O)[O-])cc(S(=O)(=O)[O-])cc4c3C2(C)CCOC)C(C)(C)c2c1ccc1c(S(=O)(=O)[O-])cc(S(=O)(=O)[O-])cc21. The summed E-state index contributed by atoms with van der Waals surface area (Å²) in [4.78, 5) is 39.9. The molecule has 73 heavy (non-hydrogen) atoms. The highest BCUT2D eigenvalue weighted by Gasteiger charge is 2.46. The number of rotatable bonds is 19. The van der Waals surface area contributed by atoms with Gasteiger partial charge >= 0.3 is 5.97 Å². The van der Waals surface area contributed by atoms with Crippen LogP contribution in [0.2, 0.25) is 0 Å². The first kappa shape index (κ1) is 54.8. The van der Waals surface area contributed by atoms with Crippen molar-refractivity contribution in [1.82, 2.24) is 5.06 Å². The quantitative estimate of drug-likeness (QED) is 0.0366. The molecule has 0 aliphatic carbocycles. The summed E-state index contributed by atoms with van der Waals surface area (Å²) in [7, 11) is -19.5. The van der Waals surface area contributed by atoms with Gasteiger partial charge in [0.2, 0.25) is 5.69 Å². The van der Waals surface area contributed by atoms with E-state index in [9.17, 15) is 66.3 Å². The van der Waals surface area contributed by atoms with Crippen molar-refractivity contribution in [3.05, 3.63) is 108 Å². The Bertz CT molecular complexity index is 3600. The first-order chi connectivity index (χ1) is 34.0. The number of allylic oxidation sites excluding steroid dienone is 8. The molecule has 1 saturated heterocycles. The molecule has 7 rings (SSSR count). The molecule has 1 unspecified atom stereocenters. The summed E-state index contributed by atoms with van der Waals surface area (Å²) in [6.07, 6.45) is 13.6. The Hall–Kier alpha value is -5.96. The summed E-state index contributed by atoms with van der Waals surface area (Å²) >= 11 is 0. The van der Waals surface area contributed by atoms with Crippen LogP contribution < -0.4 is 4.90 Å². The number of benzene rings is 4. The van der Waals surface area contributed by atoms with E-state index in [2.05, 4.69) is 0 Å². The van der Waals surface area contributed by atoms with Gasteiger partial charge in [0.25, 0.3) is 11.8 Å². The predicted molar refractivity (Wildman–Crippen MR) is 261 cm³/mol. The molecule has 4 aromatic rings. The van der Waals surface area contributed by atoms with E-state index in [1.807, 2.05) is 43.2 Å². The number of carbonyl (C=O) groups excluding carboxylic acids is 3. The number of hydrogen-bond donors (Lipinski definition) is 0. The van der Waals surface area contributed by atoms with Crippen molar-refractivity contribution in [1.29, 1.82) is 0 Å². The molecule has 3 aliphatic heterocycles. The van der Waals surface area contributed by atoms with Crippen LogP contribution in [0.25, 0.3) is 21.5 Å². The molecule has 0 N–H and O–H groups in total. The molecule has 1 fully saturated rings. The molecule has 4 aromatic carbocycles. The standard InChI is InChI=1S/C49H53N3O17S4/c1-6-50-37-20-18-33-35(27-31(70(56,57)58)29-39(33)72(62,63)64)46(37)48(2,3)41(50)15-11-8-7-9-12-16-42-49(4,24-26-68-5)47-36-28-32(71(59,60)61)30-40(73(65,66)67)34(36)19-21-38(47)51(42)25-14-10-13-17-45(55)69-52-43(53)22-23-44(52)54/h7-9,11-12,15-16,18-21,27-30H,6,10,13-14,17,22-26H2,1-5H3,(H3-,56,57,58,59,60,61,62,63,64,65,66,67)/p-3. The van der Waals surface area contributed by atoms with Gasteiger partial charge in [-0.3, -0.25) is 9.59 Å². The molecule has 1 atom stereocenters. The zero-order chi connectivity index (χ0) is 53.6. The van der Waals surface area contributed by atoms with E-state index in [0.717, 1.165) is 17.8 Å². The third-order valence-electron chi connectivity index (χ3n) is 13.3. The van der Waals surface area contributed by atoms with E-state index in [1.165, 1.54) is 19.2 Å². The smallest absolute Gasteiger partial charge is 0.333 e. The van der Waals surface area contributed by atoms with E-state index in [0.29, 0.717) is 77.7 Å². The highest BCUT2D eigenvalue weighted by Crippen LogP contribution is 2.54. The summed E-state index contributed by atoms with van der Waals surface area (Å²) in [5, 5.41) is 0.532. The predicted octanol–water partition coefficient (Wildman–Crippen LogP) is 5.54. The molecule has 2 amide bonds. The van der Waals surface area contributed by atoms with Crippen LogP contribution in [0, 0.1) is 0 Å². The summed E-state index contributed by atoms with van der Waals surface area (Å²) in [6.45, 7) is 8.28. The van der Waals surface area contributed by atoms with Gasteiger partial charge in [-0.15, -0.1) is 5.06 Å². The lowest BCUT2D eigenvalue weighted by atomic mass is 9.76. The number of fused-ring (bicyclic) bond motifs is 6. The maximum absolute atomic E-state index is 12.6. The monoisotopic (exact) mass is 1080 g/mol. The fourth-order valence-corrected chi connectivity index (χ4v) is 12.6. The van der Waals surface area contributed by atoms with Gasteiger partial charge in [0.05, 0.1) is 25.0 Å². The van der Waals surface area contributed by atoms with Crippen LogP contribution >= 0.6 is 0 Å². The number of carbonyl (C=O) groups is 3. The lowest BCUT2D eigenvalue weighted by Crippen LogP contribution is -2.32. The Morgan fingerprint density at radius 2 is 1.25 bits per heavy atom. The van der Waals surface area contributed by atoms with Gasteiger partial charge in [-0.2, -0.15) is 4.58 Å². The van der Waals surface area contributed by atoms with Crippen LogP contribution in [-0.2, 0) is 75.3 Å². The molecule has 0 saturated carbocycles. The zero-order valence-electron chi connectivity index (χ0n) is 40.1. The fraction of sp³-hybridized carbons (Fsp3) is 0.347. The maximum Gasteiger partial charge on any atom is 0.333 e. The number of unbranched alkanes of at least 4 members (excludes halogenated alkanes) is 2. The van der Waals surface area contributed by atoms with Gasteiger partial charge in [-0.25, -0.2) is 38.5 Å². The number of ether oxygens (including phenoxy) is 1.